The highest BCUT2D eigenvalue weighted by atomic mass is 15.2. The molecule has 61 heavy (non-hydrogen) atoms. The minimum Gasteiger partial charge on any atom is -0.308 e. The molecule has 0 bridgehead atoms. The predicted octanol–water partition coefficient (Wildman–Crippen LogP) is 16.5. The van der Waals surface area contributed by atoms with E-state index in [9.17, 15) is 0 Å². The van der Waals surface area contributed by atoms with Crippen molar-refractivity contribution in [3.63, 3.8) is 0 Å². The van der Waals surface area contributed by atoms with Crippen molar-refractivity contribution in [2.24, 2.45) is 0 Å². The first-order valence-corrected chi connectivity index (χ1v) is 21.9. The second-order valence-corrected chi connectivity index (χ2v) is 20.7. The summed E-state index contributed by atoms with van der Waals surface area (Å²) in [5, 5.41) is 13.3. The van der Waals surface area contributed by atoms with Crippen LogP contribution in [0.15, 0.2) is 146 Å². The molecular formula is C58H51N3. The van der Waals surface area contributed by atoms with Crippen molar-refractivity contribution in [1.29, 1.82) is 0 Å². The van der Waals surface area contributed by atoms with E-state index in [2.05, 4.69) is 222 Å². The molecule has 4 heterocycles. The Morgan fingerprint density at radius 3 is 1.31 bits per heavy atom. The van der Waals surface area contributed by atoms with Crippen LogP contribution in [0.3, 0.4) is 0 Å². The van der Waals surface area contributed by atoms with Gasteiger partial charge in [0.1, 0.15) is 0 Å². The van der Waals surface area contributed by atoms with E-state index in [-0.39, 0.29) is 16.2 Å². The van der Waals surface area contributed by atoms with Crippen LogP contribution in [0.25, 0.3) is 87.0 Å². The maximum absolute atomic E-state index is 2.63. The van der Waals surface area contributed by atoms with E-state index in [1.54, 1.807) is 0 Å². The number of anilines is 3. The molecule has 12 rings (SSSR count). The van der Waals surface area contributed by atoms with E-state index in [1.807, 2.05) is 0 Å². The molecule has 4 aromatic heterocycles. The van der Waals surface area contributed by atoms with Gasteiger partial charge in [-0.25, -0.2) is 0 Å². The van der Waals surface area contributed by atoms with E-state index < -0.39 is 0 Å². The highest BCUT2D eigenvalue weighted by Crippen LogP contribution is 2.52. The third kappa shape index (κ3) is 4.98. The van der Waals surface area contributed by atoms with Crippen LogP contribution in [-0.2, 0) is 16.2 Å². The van der Waals surface area contributed by atoms with Gasteiger partial charge in [0.25, 0.3) is 0 Å². The van der Waals surface area contributed by atoms with Crippen LogP contribution in [0, 0.1) is 0 Å². The number of nitrogens with zero attached hydrogens (tertiary/aromatic N) is 3. The average Bonchev–Trinajstić information content (AvgIpc) is 3.96. The quantitative estimate of drug-likeness (QED) is 0.174. The lowest BCUT2D eigenvalue weighted by Gasteiger charge is -2.29. The number of aromatic nitrogens is 2. The van der Waals surface area contributed by atoms with Crippen LogP contribution in [0.1, 0.15) is 79.0 Å². The van der Waals surface area contributed by atoms with E-state index in [0.29, 0.717) is 0 Å². The van der Waals surface area contributed by atoms with Gasteiger partial charge in [0.2, 0.25) is 0 Å². The molecular weight excluding hydrogens is 739 g/mol. The molecule has 0 fully saturated rings. The minimum atomic E-state index is -0.0747. The van der Waals surface area contributed by atoms with Gasteiger partial charge < -0.3 is 13.7 Å². The predicted molar refractivity (Wildman–Crippen MR) is 264 cm³/mol. The zero-order chi connectivity index (χ0) is 41.9. The third-order valence-corrected chi connectivity index (χ3v) is 13.7. The Hall–Kier alpha value is -6.58. The van der Waals surface area contributed by atoms with Crippen LogP contribution in [-0.4, -0.2) is 8.80 Å². The molecule has 8 aromatic carbocycles. The number of hydrogen-bond donors (Lipinski definition) is 0. The lowest BCUT2D eigenvalue weighted by molar-refractivity contribution is 0.591. The van der Waals surface area contributed by atoms with Crippen LogP contribution in [0.2, 0.25) is 0 Å². The van der Waals surface area contributed by atoms with Gasteiger partial charge in [-0.3, -0.25) is 0 Å². The normalized spacial score (nSPS) is 13.3. The topological polar surface area (TPSA) is 12.1 Å². The highest BCUT2D eigenvalue weighted by Gasteiger charge is 2.31. The first kappa shape index (κ1) is 36.3. The summed E-state index contributed by atoms with van der Waals surface area (Å²) in [7, 11) is 0. The van der Waals surface area contributed by atoms with Crippen LogP contribution in [0.5, 0.6) is 0 Å². The number of rotatable bonds is 3. The molecule has 0 spiro atoms. The Morgan fingerprint density at radius 2 is 0.754 bits per heavy atom. The first-order valence-electron chi connectivity index (χ1n) is 21.9. The zero-order valence-electron chi connectivity index (χ0n) is 36.7. The maximum atomic E-state index is 2.63. The summed E-state index contributed by atoms with van der Waals surface area (Å²) in [5.74, 6) is 0. The number of para-hydroxylation sites is 2. The molecule has 0 aliphatic rings. The summed E-state index contributed by atoms with van der Waals surface area (Å²) in [4.78, 5) is 2.48. The van der Waals surface area contributed by atoms with Gasteiger partial charge in [-0.05, 0) is 123 Å². The number of benzene rings is 8. The van der Waals surface area contributed by atoms with Crippen molar-refractivity contribution in [3.8, 4) is 0 Å². The molecule has 12 aromatic rings. The van der Waals surface area contributed by atoms with Crippen LogP contribution in [0.4, 0.5) is 17.1 Å². The minimum absolute atomic E-state index is 0.0384. The second kappa shape index (κ2) is 12.0. The summed E-state index contributed by atoms with van der Waals surface area (Å²) in [6.45, 7) is 21.2. The molecule has 3 nitrogen and oxygen atoms in total. The molecule has 3 heteroatoms. The summed E-state index contributed by atoms with van der Waals surface area (Å²) in [6.07, 6.45) is 0. The fourth-order valence-corrected chi connectivity index (χ4v) is 10.6. The van der Waals surface area contributed by atoms with Gasteiger partial charge in [-0.15, -0.1) is 0 Å². The monoisotopic (exact) mass is 789 g/mol. The molecule has 0 atom stereocenters. The molecule has 298 valence electrons. The fraction of sp³-hybridized carbons (Fsp3) is 0.207. The van der Waals surface area contributed by atoms with Crippen LogP contribution >= 0.6 is 0 Å². The molecule has 0 unspecified atom stereocenters. The van der Waals surface area contributed by atoms with Crippen LogP contribution < -0.4 is 4.90 Å². The van der Waals surface area contributed by atoms with E-state index in [0.717, 1.165) is 11.4 Å². The van der Waals surface area contributed by atoms with Gasteiger partial charge in [0.05, 0.1) is 38.8 Å². The Bertz CT molecular complexity index is 3690. The Balaban J connectivity index is 1.33. The van der Waals surface area contributed by atoms with E-state index >= 15 is 0 Å². The molecule has 0 saturated carbocycles. The van der Waals surface area contributed by atoms with Crippen molar-refractivity contribution in [2.45, 2.75) is 78.6 Å². The Kier molecular flexibility index (Phi) is 7.16. The van der Waals surface area contributed by atoms with Crippen molar-refractivity contribution in [2.75, 3.05) is 4.90 Å². The SMILES string of the molecule is CC(C)(C)c1cc(N(c2ccccc2)c2ccccc2)c2c(c1)c1cc(C(C)(C)C)cc3c4c5c6cc(C(C)(C)C)cc7c8c9ccccc9ccc8n(c5ccc4n2c13)c76. The summed E-state index contributed by atoms with van der Waals surface area (Å²) in [6, 6.07) is 55.3. The molecule has 0 saturated heterocycles. The van der Waals surface area contributed by atoms with Crippen molar-refractivity contribution < 1.29 is 0 Å². The van der Waals surface area contributed by atoms with E-state index in [1.165, 1.54) is 109 Å². The van der Waals surface area contributed by atoms with Gasteiger partial charge in [0.15, 0.2) is 0 Å². The fourth-order valence-electron chi connectivity index (χ4n) is 10.6. The smallest absolute Gasteiger partial charge is 0.0783 e. The van der Waals surface area contributed by atoms with Gasteiger partial charge in [-0.2, -0.15) is 0 Å². The Labute approximate surface area is 357 Å². The standard InChI is InChI=1S/C58H51N3/c1-56(2,3)35-28-41-42-29-37(58(7,8)9)33-49(59(38-19-12-10-13-20-38)39-21-14-11-15-22-39)55(42)61-48-27-26-47-51(52(48)44(31-35)53(41)61)45-32-36(57(4,5)6)30-43-50-40-23-17-16-18-34(40)24-25-46(50)60(47)54(43)45/h10-33H,1-9H3. The van der Waals surface area contributed by atoms with Gasteiger partial charge >= 0.3 is 0 Å². The van der Waals surface area contributed by atoms with Crippen molar-refractivity contribution >= 4 is 104 Å². The number of fused-ring (bicyclic) bond motifs is 15. The van der Waals surface area contributed by atoms with E-state index in [4.69, 9.17) is 0 Å². The lowest BCUT2D eigenvalue weighted by atomic mass is 9.83. The average molecular weight is 790 g/mol. The summed E-state index contributed by atoms with van der Waals surface area (Å²) >= 11 is 0. The summed E-state index contributed by atoms with van der Waals surface area (Å²) < 4.78 is 5.21. The molecule has 0 aliphatic carbocycles. The first-order chi connectivity index (χ1) is 29.2. The summed E-state index contributed by atoms with van der Waals surface area (Å²) in [5.41, 5.74) is 15.0. The molecule has 0 N–H and O–H groups in total. The molecule has 0 radical (unpaired) electrons. The lowest BCUT2D eigenvalue weighted by Crippen LogP contribution is -2.15. The van der Waals surface area contributed by atoms with Gasteiger partial charge in [0, 0.05) is 54.5 Å². The van der Waals surface area contributed by atoms with Gasteiger partial charge in [-0.1, -0.05) is 129 Å². The Morgan fingerprint density at radius 1 is 0.344 bits per heavy atom. The maximum Gasteiger partial charge on any atom is 0.0783 e. The molecule has 0 aliphatic heterocycles. The largest absolute Gasteiger partial charge is 0.308 e. The highest BCUT2D eigenvalue weighted by molar-refractivity contribution is 6.37. The second-order valence-electron chi connectivity index (χ2n) is 20.7. The van der Waals surface area contributed by atoms with Crippen molar-refractivity contribution in [1.82, 2.24) is 8.80 Å². The molecule has 0 amide bonds. The zero-order valence-corrected chi connectivity index (χ0v) is 36.7. The third-order valence-electron chi connectivity index (χ3n) is 13.7. The number of hydrogen-bond acceptors (Lipinski definition) is 1. The van der Waals surface area contributed by atoms with Crippen molar-refractivity contribution in [3.05, 3.63) is 162 Å².